The third kappa shape index (κ3) is 5.03. The molecule has 2 fully saturated rings. The Morgan fingerprint density at radius 3 is 2.28 bits per heavy atom. The van der Waals surface area contributed by atoms with Crippen molar-refractivity contribution in [3.8, 4) is 0 Å². The molecule has 1 N–H and O–H groups in total. The van der Waals surface area contributed by atoms with Gasteiger partial charge in [-0.05, 0) is 50.2 Å². The number of carbonyl (C=O) groups excluding carboxylic acids is 1. The standard InChI is InChI=1S/C22H30N6O/c1-26-14-16-27(17-15-26)19-8-6-18(7-9-19)24-22-23-11-10-20(25-22)21(29)28-12-4-2-3-5-13-28/h6-11H,2-5,12-17H2,1H3,(H,23,24,25). The van der Waals surface area contributed by atoms with Gasteiger partial charge in [0.25, 0.3) is 5.91 Å². The van der Waals surface area contributed by atoms with E-state index in [0.29, 0.717) is 11.6 Å². The maximum atomic E-state index is 12.8. The molecule has 0 bridgehead atoms. The number of nitrogens with one attached hydrogen (secondary N) is 1. The van der Waals surface area contributed by atoms with Crippen LogP contribution in [-0.4, -0.2) is 72.0 Å². The van der Waals surface area contributed by atoms with Crippen LogP contribution in [0.15, 0.2) is 36.5 Å². The van der Waals surface area contributed by atoms with Crippen molar-refractivity contribution in [2.24, 2.45) is 0 Å². The predicted molar refractivity (Wildman–Crippen MR) is 116 cm³/mol. The van der Waals surface area contributed by atoms with E-state index in [1.165, 1.54) is 18.5 Å². The van der Waals surface area contributed by atoms with Gasteiger partial charge in [-0.2, -0.15) is 0 Å². The van der Waals surface area contributed by atoms with Crippen LogP contribution in [0.25, 0.3) is 0 Å². The third-order valence-electron chi connectivity index (χ3n) is 5.76. The zero-order chi connectivity index (χ0) is 20.1. The molecule has 1 aromatic carbocycles. The van der Waals surface area contributed by atoms with Crippen LogP contribution in [0.1, 0.15) is 36.2 Å². The minimum absolute atomic E-state index is 0.00256. The molecule has 2 aliphatic heterocycles. The molecule has 4 rings (SSSR count). The Balaban J connectivity index is 1.40. The molecule has 1 aromatic heterocycles. The molecule has 7 heteroatoms. The van der Waals surface area contributed by atoms with Crippen LogP contribution >= 0.6 is 0 Å². The first-order chi connectivity index (χ1) is 14.2. The Kier molecular flexibility index (Phi) is 6.24. The van der Waals surface area contributed by atoms with Gasteiger partial charge in [-0.25, -0.2) is 9.97 Å². The van der Waals surface area contributed by atoms with Crippen LogP contribution in [0.5, 0.6) is 0 Å². The van der Waals surface area contributed by atoms with Crippen molar-refractivity contribution >= 4 is 23.2 Å². The number of anilines is 3. The van der Waals surface area contributed by atoms with E-state index in [-0.39, 0.29) is 5.91 Å². The summed E-state index contributed by atoms with van der Waals surface area (Å²) in [7, 11) is 2.16. The molecular weight excluding hydrogens is 364 g/mol. The van der Waals surface area contributed by atoms with Crippen molar-refractivity contribution in [2.45, 2.75) is 25.7 Å². The number of amides is 1. The lowest BCUT2D eigenvalue weighted by atomic mass is 10.2. The Hall–Kier alpha value is -2.67. The fourth-order valence-electron chi connectivity index (χ4n) is 3.92. The van der Waals surface area contributed by atoms with Crippen LogP contribution in [0.3, 0.4) is 0 Å². The SMILES string of the molecule is CN1CCN(c2ccc(Nc3nccc(C(=O)N4CCCCCC4)n3)cc2)CC1. The summed E-state index contributed by atoms with van der Waals surface area (Å²) in [6.07, 6.45) is 6.19. The van der Waals surface area contributed by atoms with Crippen LogP contribution in [-0.2, 0) is 0 Å². The molecule has 0 atom stereocenters. The number of rotatable bonds is 4. The summed E-state index contributed by atoms with van der Waals surface area (Å²) >= 11 is 0. The largest absolute Gasteiger partial charge is 0.369 e. The highest BCUT2D eigenvalue weighted by Gasteiger charge is 2.19. The second-order valence-electron chi connectivity index (χ2n) is 7.93. The second kappa shape index (κ2) is 9.22. The van der Waals surface area contributed by atoms with Gasteiger partial charge in [0, 0.05) is 56.8 Å². The molecule has 1 amide bonds. The van der Waals surface area contributed by atoms with Gasteiger partial charge in [0.1, 0.15) is 5.69 Å². The number of nitrogens with zero attached hydrogens (tertiary/aromatic N) is 5. The molecule has 3 heterocycles. The van der Waals surface area contributed by atoms with Gasteiger partial charge in [0.05, 0.1) is 0 Å². The summed E-state index contributed by atoms with van der Waals surface area (Å²) in [5.41, 5.74) is 2.61. The zero-order valence-electron chi connectivity index (χ0n) is 17.2. The van der Waals surface area contributed by atoms with Crippen molar-refractivity contribution < 1.29 is 4.79 Å². The van der Waals surface area contributed by atoms with Gasteiger partial charge < -0.3 is 20.0 Å². The Bertz CT molecular complexity index is 808. The number of aromatic nitrogens is 2. The number of piperazine rings is 1. The number of likely N-dealkylation sites (N-methyl/N-ethyl adjacent to an activating group) is 1. The zero-order valence-corrected chi connectivity index (χ0v) is 17.2. The first-order valence-corrected chi connectivity index (χ1v) is 10.6. The minimum atomic E-state index is 0.00256. The Labute approximate surface area is 172 Å². The summed E-state index contributed by atoms with van der Waals surface area (Å²) < 4.78 is 0. The molecule has 0 radical (unpaired) electrons. The third-order valence-corrected chi connectivity index (χ3v) is 5.76. The minimum Gasteiger partial charge on any atom is -0.369 e. The van der Waals surface area contributed by atoms with E-state index < -0.39 is 0 Å². The maximum Gasteiger partial charge on any atom is 0.272 e. The number of hydrogen-bond donors (Lipinski definition) is 1. The lowest BCUT2D eigenvalue weighted by Crippen LogP contribution is -2.44. The smallest absolute Gasteiger partial charge is 0.272 e. The van der Waals surface area contributed by atoms with E-state index >= 15 is 0 Å². The molecule has 0 aliphatic carbocycles. The van der Waals surface area contributed by atoms with Crippen LogP contribution in [0, 0.1) is 0 Å². The predicted octanol–water partition coefficient (Wildman–Crippen LogP) is 2.99. The lowest BCUT2D eigenvalue weighted by molar-refractivity contribution is 0.0755. The molecule has 0 saturated carbocycles. The van der Waals surface area contributed by atoms with E-state index in [4.69, 9.17) is 0 Å². The fraction of sp³-hybridized carbons (Fsp3) is 0.500. The summed E-state index contributed by atoms with van der Waals surface area (Å²) in [5, 5.41) is 3.23. The number of benzene rings is 1. The van der Waals surface area contributed by atoms with E-state index in [0.717, 1.165) is 57.8 Å². The topological polar surface area (TPSA) is 64.6 Å². The first-order valence-electron chi connectivity index (χ1n) is 10.6. The van der Waals surface area contributed by atoms with Gasteiger partial charge >= 0.3 is 0 Å². The van der Waals surface area contributed by atoms with Crippen molar-refractivity contribution in [1.29, 1.82) is 0 Å². The summed E-state index contributed by atoms with van der Waals surface area (Å²) in [6, 6.07) is 10.0. The molecule has 7 nitrogen and oxygen atoms in total. The fourth-order valence-corrected chi connectivity index (χ4v) is 3.92. The quantitative estimate of drug-likeness (QED) is 0.860. The van der Waals surface area contributed by atoms with Gasteiger partial charge in [0.15, 0.2) is 0 Å². The molecule has 154 valence electrons. The van der Waals surface area contributed by atoms with Gasteiger partial charge in [-0.15, -0.1) is 0 Å². The van der Waals surface area contributed by atoms with Crippen LogP contribution in [0.4, 0.5) is 17.3 Å². The summed E-state index contributed by atoms with van der Waals surface area (Å²) in [5.74, 6) is 0.459. The highest BCUT2D eigenvalue weighted by atomic mass is 16.2. The van der Waals surface area contributed by atoms with Crippen molar-refractivity contribution in [3.63, 3.8) is 0 Å². The Morgan fingerprint density at radius 1 is 0.897 bits per heavy atom. The van der Waals surface area contributed by atoms with E-state index in [1.54, 1.807) is 12.3 Å². The number of carbonyl (C=O) groups is 1. The van der Waals surface area contributed by atoms with E-state index in [1.807, 2.05) is 17.0 Å². The number of likely N-dealkylation sites (tertiary alicyclic amines) is 1. The average Bonchev–Trinajstić information content (AvgIpc) is 3.04. The highest BCUT2D eigenvalue weighted by molar-refractivity contribution is 5.92. The molecule has 29 heavy (non-hydrogen) atoms. The summed E-state index contributed by atoms with van der Waals surface area (Å²) in [6.45, 7) is 5.91. The molecular formula is C22H30N6O. The van der Waals surface area contributed by atoms with Crippen molar-refractivity contribution in [1.82, 2.24) is 19.8 Å². The highest BCUT2D eigenvalue weighted by Crippen LogP contribution is 2.21. The number of hydrogen-bond acceptors (Lipinski definition) is 6. The molecule has 0 unspecified atom stereocenters. The van der Waals surface area contributed by atoms with Gasteiger partial charge in [-0.1, -0.05) is 12.8 Å². The first kappa shape index (κ1) is 19.6. The van der Waals surface area contributed by atoms with Crippen molar-refractivity contribution in [2.75, 3.05) is 56.5 Å². The van der Waals surface area contributed by atoms with Crippen LogP contribution < -0.4 is 10.2 Å². The van der Waals surface area contributed by atoms with Gasteiger partial charge in [-0.3, -0.25) is 4.79 Å². The second-order valence-corrected chi connectivity index (χ2v) is 7.93. The van der Waals surface area contributed by atoms with Gasteiger partial charge in [0.2, 0.25) is 5.95 Å². The summed E-state index contributed by atoms with van der Waals surface area (Å²) in [4.78, 5) is 28.2. The lowest BCUT2D eigenvalue weighted by Gasteiger charge is -2.34. The van der Waals surface area contributed by atoms with Crippen LogP contribution in [0.2, 0.25) is 0 Å². The normalized spacial score (nSPS) is 18.4. The van der Waals surface area contributed by atoms with E-state index in [9.17, 15) is 4.79 Å². The molecule has 2 aliphatic rings. The Morgan fingerprint density at radius 2 is 1.59 bits per heavy atom. The van der Waals surface area contributed by atoms with E-state index in [2.05, 4.69) is 44.3 Å². The molecule has 2 aromatic rings. The molecule has 2 saturated heterocycles. The maximum absolute atomic E-state index is 12.8. The monoisotopic (exact) mass is 394 g/mol. The average molecular weight is 395 g/mol. The molecule has 0 spiro atoms. The van der Waals surface area contributed by atoms with Crippen molar-refractivity contribution in [3.05, 3.63) is 42.2 Å².